The number of carbonyl (C=O) groups is 1. The SMILES string of the molecule is CC1CCN(C(CNC(=O)N2CCCC(C)C2)c2cccs2)CC1. The summed E-state index contributed by atoms with van der Waals surface area (Å²) in [5.41, 5.74) is 0. The Morgan fingerprint density at radius 1 is 1.25 bits per heavy atom. The lowest BCUT2D eigenvalue weighted by Crippen LogP contribution is -2.48. The zero-order chi connectivity index (χ0) is 16.9. The maximum atomic E-state index is 12.6. The van der Waals surface area contributed by atoms with Crippen LogP contribution in [0.2, 0.25) is 0 Å². The summed E-state index contributed by atoms with van der Waals surface area (Å²) in [7, 11) is 0. The molecule has 2 atom stereocenters. The molecule has 0 spiro atoms. The van der Waals surface area contributed by atoms with E-state index in [1.54, 1.807) is 11.3 Å². The monoisotopic (exact) mass is 349 g/mol. The largest absolute Gasteiger partial charge is 0.336 e. The van der Waals surface area contributed by atoms with Crippen LogP contribution in [0, 0.1) is 11.8 Å². The first kappa shape index (κ1) is 17.7. The minimum atomic E-state index is 0.119. The summed E-state index contributed by atoms with van der Waals surface area (Å²) in [5.74, 6) is 1.45. The molecule has 134 valence electrons. The molecular weight excluding hydrogens is 318 g/mol. The maximum absolute atomic E-state index is 12.6. The molecule has 4 nitrogen and oxygen atoms in total. The third kappa shape index (κ3) is 4.51. The van der Waals surface area contributed by atoms with Gasteiger partial charge >= 0.3 is 6.03 Å². The number of thiophene rings is 1. The first-order valence-electron chi connectivity index (χ1n) is 9.43. The van der Waals surface area contributed by atoms with Crippen molar-refractivity contribution in [3.63, 3.8) is 0 Å². The fraction of sp³-hybridized carbons (Fsp3) is 0.737. The third-order valence-electron chi connectivity index (χ3n) is 5.52. The van der Waals surface area contributed by atoms with Crippen LogP contribution in [0.3, 0.4) is 0 Å². The summed E-state index contributed by atoms with van der Waals surface area (Å²) in [6.07, 6.45) is 4.90. The Hall–Kier alpha value is -1.07. The number of amides is 2. The van der Waals surface area contributed by atoms with Crippen molar-refractivity contribution in [3.8, 4) is 0 Å². The Kier molecular flexibility index (Phi) is 6.17. The molecule has 3 heterocycles. The van der Waals surface area contributed by atoms with Crippen molar-refractivity contribution in [1.29, 1.82) is 0 Å². The Bertz CT molecular complexity index is 511. The number of piperidine rings is 2. The molecule has 2 fully saturated rings. The molecule has 5 heteroatoms. The summed E-state index contributed by atoms with van der Waals surface area (Å²) in [6, 6.07) is 4.77. The van der Waals surface area contributed by atoms with Crippen molar-refractivity contribution in [2.24, 2.45) is 11.8 Å². The summed E-state index contributed by atoms with van der Waals surface area (Å²) < 4.78 is 0. The van der Waals surface area contributed by atoms with Crippen molar-refractivity contribution in [3.05, 3.63) is 22.4 Å². The topological polar surface area (TPSA) is 35.6 Å². The van der Waals surface area contributed by atoms with Crippen molar-refractivity contribution >= 4 is 17.4 Å². The molecule has 2 amide bonds. The highest BCUT2D eigenvalue weighted by Crippen LogP contribution is 2.29. The molecule has 1 N–H and O–H groups in total. The van der Waals surface area contributed by atoms with Crippen LogP contribution in [-0.2, 0) is 0 Å². The highest BCUT2D eigenvalue weighted by atomic mass is 32.1. The number of likely N-dealkylation sites (tertiary alicyclic amines) is 2. The number of hydrogen-bond acceptors (Lipinski definition) is 3. The second-order valence-electron chi connectivity index (χ2n) is 7.63. The number of urea groups is 1. The molecule has 24 heavy (non-hydrogen) atoms. The highest BCUT2D eigenvalue weighted by Gasteiger charge is 2.27. The molecule has 2 saturated heterocycles. The van der Waals surface area contributed by atoms with Crippen LogP contribution in [0.15, 0.2) is 17.5 Å². The van der Waals surface area contributed by atoms with E-state index in [4.69, 9.17) is 0 Å². The van der Waals surface area contributed by atoms with E-state index in [0.29, 0.717) is 12.0 Å². The zero-order valence-electron chi connectivity index (χ0n) is 15.0. The highest BCUT2D eigenvalue weighted by molar-refractivity contribution is 7.10. The molecular formula is C19H31N3OS. The minimum Gasteiger partial charge on any atom is -0.336 e. The van der Waals surface area contributed by atoms with Crippen LogP contribution in [0.1, 0.15) is 50.4 Å². The van der Waals surface area contributed by atoms with E-state index < -0.39 is 0 Å². The van der Waals surface area contributed by atoms with E-state index in [0.717, 1.165) is 45.1 Å². The second kappa shape index (κ2) is 8.34. The number of hydrogen-bond donors (Lipinski definition) is 1. The molecule has 2 aliphatic heterocycles. The molecule has 2 unspecified atom stereocenters. The summed E-state index contributed by atoms with van der Waals surface area (Å²) in [5, 5.41) is 5.36. The lowest BCUT2D eigenvalue weighted by molar-refractivity contribution is 0.132. The lowest BCUT2D eigenvalue weighted by Gasteiger charge is -2.37. The predicted octanol–water partition coefficient (Wildman–Crippen LogP) is 3.96. The van der Waals surface area contributed by atoms with Crippen molar-refractivity contribution in [2.45, 2.75) is 45.6 Å². The van der Waals surface area contributed by atoms with Gasteiger partial charge in [0.25, 0.3) is 0 Å². The summed E-state index contributed by atoms with van der Waals surface area (Å²) in [6.45, 7) is 9.39. The van der Waals surface area contributed by atoms with E-state index in [1.807, 2.05) is 4.90 Å². The van der Waals surface area contributed by atoms with E-state index in [-0.39, 0.29) is 6.03 Å². The number of carbonyl (C=O) groups excluding carboxylic acids is 1. The maximum Gasteiger partial charge on any atom is 0.317 e. The van der Waals surface area contributed by atoms with E-state index >= 15 is 0 Å². The predicted molar refractivity (Wildman–Crippen MR) is 100 cm³/mol. The van der Waals surface area contributed by atoms with Crippen LogP contribution in [-0.4, -0.2) is 48.6 Å². The van der Waals surface area contributed by atoms with Gasteiger partial charge in [-0.1, -0.05) is 19.9 Å². The average Bonchev–Trinajstić information content (AvgIpc) is 3.11. The van der Waals surface area contributed by atoms with Gasteiger partial charge in [-0.2, -0.15) is 0 Å². The molecule has 2 aliphatic rings. The van der Waals surface area contributed by atoms with Crippen molar-refractivity contribution < 1.29 is 4.79 Å². The molecule has 1 aromatic heterocycles. The average molecular weight is 350 g/mol. The van der Waals surface area contributed by atoms with E-state index in [9.17, 15) is 4.79 Å². The fourth-order valence-corrected chi connectivity index (χ4v) is 4.76. The second-order valence-corrected chi connectivity index (χ2v) is 8.61. The summed E-state index contributed by atoms with van der Waals surface area (Å²) >= 11 is 1.81. The zero-order valence-corrected chi connectivity index (χ0v) is 15.9. The van der Waals surface area contributed by atoms with Gasteiger partial charge in [-0.25, -0.2) is 4.79 Å². The van der Waals surface area contributed by atoms with E-state index in [2.05, 4.69) is 41.6 Å². The molecule has 0 bridgehead atoms. The van der Waals surface area contributed by atoms with Gasteiger partial charge < -0.3 is 10.2 Å². The van der Waals surface area contributed by atoms with Crippen LogP contribution in [0.5, 0.6) is 0 Å². The molecule has 1 aromatic rings. The fourth-order valence-electron chi connectivity index (χ4n) is 3.90. The number of rotatable bonds is 4. The van der Waals surface area contributed by atoms with Crippen LogP contribution >= 0.6 is 11.3 Å². The molecule has 0 aliphatic carbocycles. The molecule has 0 aromatic carbocycles. The molecule has 0 saturated carbocycles. The van der Waals surface area contributed by atoms with Crippen LogP contribution < -0.4 is 5.32 Å². The van der Waals surface area contributed by atoms with E-state index in [1.165, 1.54) is 24.1 Å². The number of nitrogens with zero attached hydrogens (tertiary/aromatic N) is 2. The standard InChI is InChI=1S/C19H31N3OS/c1-15-7-10-21(11-8-15)17(18-6-4-12-24-18)13-20-19(23)22-9-3-5-16(2)14-22/h4,6,12,15-17H,3,5,7-11,13-14H2,1-2H3,(H,20,23). The Balaban J connectivity index is 1.59. The first-order valence-corrected chi connectivity index (χ1v) is 10.3. The van der Waals surface area contributed by atoms with Gasteiger partial charge in [0, 0.05) is 24.5 Å². The van der Waals surface area contributed by atoms with Gasteiger partial charge in [0.05, 0.1) is 6.04 Å². The van der Waals surface area contributed by atoms with Crippen molar-refractivity contribution in [1.82, 2.24) is 15.1 Å². The molecule has 0 radical (unpaired) electrons. The molecule has 3 rings (SSSR count). The van der Waals surface area contributed by atoms with Gasteiger partial charge in [-0.3, -0.25) is 4.90 Å². The first-order chi connectivity index (χ1) is 11.6. The Morgan fingerprint density at radius 2 is 2.04 bits per heavy atom. The third-order valence-corrected chi connectivity index (χ3v) is 6.50. The Labute approximate surface area is 150 Å². The van der Waals surface area contributed by atoms with Crippen LogP contribution in [0.4, 0.5) is 4.79 Å². The minimum absolute atomic E-state index is 0.119. The van der Waals surface area contributed by atoms with Gasteiger partial charge in [0.15, 0.2) is 0 Å². The van der Waals surface area contributed by atoms with Gasteiger partial charge in [-0.05, 0) is 62.1 Å². The van der Waals surface area contributed by atoms with Gasteiger partial charge in [0.2, 0.25) is 0 Å². The van der Waals surface area contributed by atoms with Gasteiger partial charge in [-0.15, -0.1) is 11.3 Å². The summed E-state index contributed by atoms with van der Waals surface area (Å²) in [4.78, 5) is 18.5. The number of nitrogens with one attached hydrogen (secondary N) is 1. The smallest absolute Gasteiger partial charge is 0.317 e. The van der Waals surface area contributed by atoms with Crippen molar-refractivity contribution in [2.75, 3.05) is 32.7 Å². The van der Waals surface area contributed by atoms with Crippen LogP contribution in [0.25, 0.3) is 0 Å². The van der Waals surface area contributed by atoms with Gasteiger partial charge in [0.1, 0.15) is 0 Å². The normalized spacial score (nSPS) is 24.8. The Morgan fingerprint density at radius 3 is 2.71 bits per heavy atom. The quantitative estimate of drug-likeness (QED) is 0.893. The lowest BCUT2D eigenvalue weighted by atomic mass is 9.97.